The molecule has 8 nitrogen and oxygen atoms in total. The van der Waals surface area contributed by atoms with Crippen LogP contribution < -0.4 is 15.0 Å². The van der Waals surface area contributed by atoms with Crippen molar-refractivity contribution >= 4 is 17.5 Å². The van der Waals surface area contributed by atoms with Gasteiger partial charge in [-0.1, -0.05) is 36.9 Å². The first-order valence-corrected chi connectivity index (χ1v) is 15.0. The third-order valence-corrected chi connectivity index (χ3v) is 9.19. The van der Waals surface area contributed by atoms with Gasteiger partial charge in [0.25, 0.3) is 5.91 Å². The quantitative estimate of drug-likeness (QED) is 0.411. The number of piperazine rings is 1. The van der Waals surface area contributed by atoms with E-state index in [-0.39, 0.29) is 23.2 Å². The van der Waals surface area contributed by atoms with Gasteiger partial charge in [0.05, 0.1) is 23.9 Å². The predicted octanol–water partition coefficient (Wildman–Crippen LogP) is 5.08. The summed E-state index contributed by atoms with van der Waals surface area (Å²) in [5, 5.41) is 11.8. The molecule has 0 unspecified atom stereocenters. The molecule has 2 fully saturated rings. The summed E-state index contributed by atoms with van der Waals surface area (Å²) in [5.74, 6) is -0.0373. The zero-order valence-electron chi connectivity index (χ0n) is 25.1. The SMILES string of the molecule is C=C1CC[C@H](N2Cc3c(OCc4ccc(C(C)(C)N5CCN(c6ccc(C#N)cc6F)CC5)cc4)cccc3C2=O)C(=O)N1. The summed E-state index contributed by atoms with van der Waals surface area (Å²) in [6, 6.07) is 20.0. The standard InChI is InChI=1S/C35H36FN5O3/c1-23-7-13-31(33(42)38-23)41-21-28-27(34(41)43)5-4-6-32(28)44-22-24-8-11-26(12-9-24)35(2,3)40-17-15-39(16-18-40)30-14-10-25(20-37)19-29(30)36/h4-6,8-12,14,19,31H,1,7,13,15-18,21-22H2,2-3H3,(H,38,42)/t31-/m0/s1. The van der Waals surface area contributed by atoms with Crippen molar-refractivity contribution in [2.45, 2.75) is 51.4 Å². The number of anilines is 1. The van der Waals surface area contributed by atoms with Gasteiger partial charge < -0.3 is 19.9 Å². The number of carbonyl (C=O) groups excluding carboxylic acids is 2. The van der Waals surface area contributed by atoms with Crippen molar-refractivity contribution < 1.29 is 18.7 Å². The van der Waals surface area contributed by atoms with Crippen LogP contribution in [0, 0.1) is 17.1 Å². The minimum Gasteiger partial charge on any atom is -0.489 e. The number of carbonyl (C=O) groups is 2. The van der Waals surface area contributed by atoms with E-state index in [9.17, 15) is 14.0 Å². The number of benzene rings is 3. The molecule has 2 amide bonds. The van der Waals surface area contributed by atoms with E-state index >= 15 is 0 Å². The molecule has 1 N–H and O–H groups in total. The fourth-order valence-electron chi connectivity index (χ4n) is 6.46. The van der Waals surface area contributed by atoms with Gasteiger partial charge in [0.1, 0.15) is 24.2 Å². The number of nitriles is 1. The Bertz CT molecular complexity index is 1650. The minimum atomic E-state index is -0.510. The summed E-state index contributed by atoms with van der Waals surface area (Å²) in [4.78, 5) is 31.8. The van der Waals surface area contributed by atoms with Gasteiger partial charge >= 0.3 is 0 Å². The van der Waals surface area contributed by atoms with Gasteiger partial charge in [0.2, 0.25) is 5.91 Å². The molecule has 3 aromatic rings. The summed E-state index contributed by atoms with van der Waals surface area (Å²) in [6.45, 7) is 11.9. The Morgan fingerprint density at radius 3 is 2.50 bits per heavy atom. The highest BCUT2D eigenvalue weighted by Crippen LogP contribution is 2.35. The lowest BCUT2D eigenvalue weighted by Gasteiger charge is -2.45. The van der Waals surface area contributed by atoms with Crippen LogP contribution in [0.5, 0.6) is 5.75 Å². The number of fused-ring (bicyclic) bond motifs is 1. The van der Waals surface area contributed by atoms with E-state index in [0.717, 1.165) is 24.2 Å². The highest BCUT2D eigenvalue weighted by Gasteiger charge is 2.39. The predicted molar refractivity (Wildman–Crippen MR) is 165 cm³/mol. The summed E-state index contributed by atoms with van der Waals surface area (Å²) in [7, 11) is 0. The third kappa shape index (κ3) is 5.53. The Morgan fingerprint density at radius 1 is 1.07 bits per heavy atom. The second-order valence-electron chi connectivity index (χ2n) is 12.2. The molecular formula is C35H36FN5O3. The lowest BCUT2D eigenvalue weighted by molar-refractivity contribution is -0.126. The van der Waals surface area contributed by atoms with E-state index in [0.29, 0.717) is 67.3 Å². The molecule has 2 saturated heterocycles. The van der Waals surface area contributed by atoms with E-state index in [2.05, 4.69) is 54.9 Å². The third-order valence-electron chi connectivity index (χ3n) is 9.19. The first-order chi connectivity index (χ1) is 21.2. The molecule has 3 aromatic carbocycles. The van der Waals surface area contributed by atoms with Crippen LogP contribution >= 0.6 is 0 Å². The molecule has 0 bridgehead atoms. The van der Waals surface area contributed by atoms with Crippen molar-refractivity contribution in [3.63, 3.8) is 0 Å². The molecule has 1 atom stereocenters. The Morgan fingerprint density at radius 2 is 1.82 bits per heavy atom. The molecule has 0 radical (unpaired) electrons. The average molecular weight is 594 g/mol. The Balaban J connectivity index is 1.07. The van der Waals surface area contributed by atoms with Crippen LogP contribution in [0.15, 0.2) is 72.9 Å². The number of nitrogens with zero attached hydrogens (tertiary/aromatic N) is 4. The molecule has 9 heteroatoms. The number of nitrogens with one attached hydrogen (secondary N) is 1. The lowest BCUT2D eigenvalue weighted by atomic mass is 9.90. The van der Waals surface area contributed by atoms with Crippen LogP contribution in [0.25, 0.3) is 0 Å². The molecule has 0 aromatic heterocycles. The maximum atomic E-state index is 14.6. The summed E-state index contributed by atoms with van der Waals surface area (Å²) in [5.41, 5.74) is 4.91. The van der Waals surface area contributed by atoms with Gasteiger partial charge in [-0.3, -0.25) is 14.5 Å². The molecule has 0 spiro atoms. The summed E-state index contributed by atoms with van der Waals surface area (Å²) in [6.07, 6.45) is 1.22. The molecule has 0 saturated carbocycles. The van der Waals surface area contributed by atoms with Crippen LogP contribution in [-0.4, -0.2) is 53.8 Å². The highest BCUT2D eigenvalue weighted by atomic mass is 19.1. The molecule has 3 aliphatic rings. The Labute approximate surface area is 257 Å². The number of rotatable bonds is 7. The fourth-order valence-corrected chi connectivity index (χ4v) is 6.46. The summed E-state index contributed by atoms with van der Waals surface area (Å²) < 4.78 is 20.8. The maximum Gasteiger partial charge on any atom is 0.255 e. The number of amides is 2. The number of ether oxygens (including phenoxy) is 1. The average Bonchev–Trinajstić information content (AvgIpc) is 3.36. The second kappa shape index (κ2) is 11.8. The number of piperidine rings is 1. The molecule has 226 valence electrons. The Kier molecular flexibility index (Phi) is 7.87. The van der Waals surface area contributed by atoms with E-state index in [4.69, 9.17) is 10.00 Å². The van der Waals surface area contributed by atoms with E-state index in [1.54, 1.807) is 23.1 Å². The van der Waals surface area contributed by atoms with Crippen molar-refractivity contribution in [2.24, 2.45) is 0 Å². The van der Waals surface area contributed by atoms with Gasteiger partial charge in [-0.2, -0.15) is 5.26 Å². The monoisotopic (exact) mass is 593 g/mol. The number of hydrogen-bond donors (Lipinski definition) is 1. The smallest absolute Gasteiger partial charge is 0.255 e. The molecule has 6 rings (SSSR count). The molecule has 3 heterocycles. The van der Waals surface area contributed by atoms with Gasteiger partial charge in [0.15, 0.2) is 0 Å². The largest absolute Gasteiger partial charge is 0.489 e. The summed E-state index contributed by atoms with van der Waals surface area (Å²) >= 11 is 0. The molecule has 3 aliphatic heterocycles. The van der Waals surface area contributed by atoms with Crippen LogP contribution in [0.2, 0.25) is 0 Å². The van der Waals surface area contributed by atoms with E-state index in [1.165, 1.54) is 11.6 Å². The van der Waals surface area contributed by atoms with Crippen molar-refractivity contribution in [2.75, 3.05) is 31.1 Å². The number of halogens is 1. The minimum absolute atomic E-state index is 0.146. The first kappa shape index (κ1) is 29.4. The van der Waals surface area contributed by atoms with Crippen molar-refractivity contribution in [3.05, 3.63) is 107 Å². The van der Waals surface area contributed by atoms with E-state index in [1.807, 2.05) is 23.1 Å². The van der Waals surface area contributed by atoms with Crippen LogP contribution in [0.3, 0.4) is 0 Å². The molecule has 44 heavy (non-hydrogen) atoms. The number of hydrogen-bond acceptors (Lipinski definition) is 6. The topological polar surface area (TPSA) is 88.9 Å². The van der Waals surface area contributed by atoms with Crippen LogP contribution in [0.4, 0.5) is 10.1 Å². The van der Waals surface area contributed by atoms with Gasteiger partial charge in [-0.05, 0) is 68.1 Å². The van der Waals surface area contributed by atoms with Crippen molar-refractivity contribution in [1.29, 1.82) is 5.26 Å². The zero-order chi connectivity index (χ0) is 31.0. The molecular weight excluding hydrogens is 557 g/mol. The number of allylic oxidation sites excluding steroid dienone is 1. The van der Waals surface area contributed by atoms with Crippen molar-refractivity contribution in [3.8, 4) is 11.8 Å². The zero-order valence-corrected chi connectivity index (χ0v) is 25.1. The normalized spacial score (nSPS) is 19.0. The lowest BCUT2D eigenvalue weighted by Crippen LogP contribution is -2.53. The first-order valence-electron chi connectivity index (χ1n) is 15.0. The maximum absolute atomic E-state index is 14.6. The second-order valence-corrected chi connectivity index (χ2v) is 12.2. The van der Waals surface area contributed by atoms with E-state index < -0.39 is 6.04 Å². The van der Waals surface area contributed by atoms with Crippen LogP contribution in [-0.2, 0) is 23.5 Å². The van der Waals surface area contributed by atoms with Crippen LogP contribution in [0.1, 0.15) is 59.3 Å². The van der Waals surface area contributed by atoms with Gasteiger partial charge in [0, 0.05) is 48.5 Å². The van der Waals surface area contributed by atoms with Gasteiger partial charge in [-0.25, -0.2) is 4.39 Å². The molecule has 0 aliphatic carbocycles. The Hall–Kier alpha value is -4.68. The van der Waals surface area contributed by atoms with Gasteiger partial charge in [-0.15, -0.1) is 0 Å². The highest BCUT2D eigenvalue weighted by molar-refractivity contribution is 6.02. The fraction of sp³-hybridized carbons (Fsp3) is 0.343. The van der Waals surface area contributed by atoms with Crippen molar-refractivity contribution in [1.82, 2.24) is 15.1 Å².